The van der Waals surface area contributed by atoms with E-state index in [0.717, 1.165) is 13.0 Å². The summed E-state index contributed by atoms with van der Waals surface area (Å²) in [5.74, 6) is 1.46. The van der Waals surface area contributed by atoms with Crippen molar-refractivity contribution in [3.63, 3.8) is 0 Å². The average molecular weight is 260 g/mol. The molecule has 0 radical (unpaired) electrons. The molecule has 100 valence electrons. The van der Waals surface area contributed by atoms with Gasteiger partial charge in [-0.1, -0.05) is 26.7 Å². The molecule has 1 rings (SSSR count). The predicted molar refractivity (Wildman–Crippen MR) is 73.3 cm³/mol. The topological polar surface area (TPSA) is 29.1 Å². The Balaban J connectivity index is 2.36. The Morgan fingerprint density at radius 3 is 2.53 bits per heavy atom. The van der Waals surface area contributed by atoms with E-state index in [2.05, 4.69) is 19.2 Å². The maximum absolute atomic E-state index is 11.6. The average Bonchev–Trinajstić information content (AvgIpc) is 2.71. The summed E-state index contributed by atoms with van der Waals surface area (Å²) in [5, 5.41) is 3.11. The van der Waals surface area contributed by atoms with E-state index in [-0.39, 0.29) is 5.91 Å². The van der Waals surface area contributed by atoms with E-state index in [1.54, 1.807) is 0 Å². The quantitative estimate of drug-likeness (QED) is 0.694. The molecular formula is C14H26ClNO. The zero-order valence-corrected chi connectivity index (χ0v) is 12.0. The summed E-state index contributed by atoms with van der Waals surface area (Å²) >= 11 is 5.59. The molecular weight excluding hydrogens is 234 g/mol. The van der Waals surface area contributed by atoms with Crippen LogP contribution in [0.3, 0.4) is 0 Å². The van der Waals surface area contributed by atoms with Crippen molar-refractivity contribution in [3.05, 3.63) is 0 Å². The molecule has 17 heavy (non-hydrogen) atoms. The fourth-order valence-electron chi connectivity index (χ4n) is 3.05. The van der Waals surface area contributed by atoms with Gasteiger partial charge >= 0.3 is 0 Å². The maximum atomic E-state index is 11.6. The molecule has 1 saturated carbocycles. The number of amides is 1. The SMILES string of the molecule is CC(C)CC1(CNC(=O)CCCCl)CCCC1. The number of halogens is 1. The van der Waals surface area contributed by atoms with Crippen LogP contribution >= 0.6 is 11.6 Å². The summed E-state index contributed by atoms with van der Waals surface area (Å²) in [6.07, 6.45) is 7.80. The molecule has 0 aromatic heterocycles. The Morgan fingerprint density at radius 2 is 2.00 bits per heavy atom. The van der Waals surface area contributed by atoms with Crippen molar-refractivity contribution in [2.75, 3.05) is 12.4 Å². The van der Waals surface area contributed by atoms with Gasteiger partial charge in [0.15, 0.2) is 0 Å². The maximum Gasteiger partial charge on any atom is 0.220 e. The molecule has 0 aromatic carbocycles. The van der Waals surface area contributed by atoms with Crippen LogP contribution in [0.2, 0.25) is 0 Å². The zero-order valence-electron chi connectivity index (χ0n) is 11.2. The number of hydrogen-bond donors (Lipinski definition) is 1. The largest absolute Gasteiger partial charge is 0.356 e. The van der Waals surface area contributed by atoms with Crippen molar-refractivity contribution >= 4 is 17.5 Å². The lowest BCUT2D eigenvalue weighted by atomic mass is 9.78. The van der Waals surface area contributed by atoms with E-state index in [1.165, 1.54) is 32.1 Å². The summed E-state index contributed by atoms with van der Waals surface area (Å²) in [6, 6.07) is 0. The highest BCUT2D eigenvalue weighted by Crippen LogP contribution is 2.42. The zero-order chi connectivity index (χ0) is 12.7. The number of carbonyl (C=O) groups is 1. The first-order valence-electron chi connectivity index (χ1n) is 6.91. The highest BCUT2D eigenvalue weighted by atomic mass is 35.5. The summed E-state index contributed by atoms with van der Waals surface area (Å²) < 4.78 is 0. The van der Waals surface area contributed by atoms with Gasteiger partial charge in [0.25, 0.3) is 0 Å². The van der Waals surface area contributed by atoms with Crippen molar-refractivity contribution in [1.82, 2.24) is 5.32 Å². The Bertz CT molecular complexity index is 234. The molecule has 3 heteroatoms. The summed E-state index contributed by atoms with van der Waals surface area (Å²) in [6.45, 7) is 5.41. The van der Waals surface area contributed by atoms with Crippen molar-refractivity contribution in [2.24, 2.45) is 11.3 Å². The number of carbonyl (C=O) groups excluding carboxylic acids is 1. The van der Waals surface area contributed by atoms with Crippen molar-refractivity contribution in [3.8, 4) is 0 Å². The van der Waals surface area contributed by atoms with E-state index < -0.39 is 0 Å². The summed E-state index contributed by atoms with van der Waals surface area (Å²) in [4.78, 5) is 11.6. The van der Waals surface area contributed by atoms with Crippen LogP contribution in [-0.2, 0) is 4.79 Å². The van der Waals surface area contributed by atoms with Crippen LogP contribution in [0.15, 0.2) is 0 Å². The van der Waals surface area contributed by atoms with Gasteiger partial charge in [0, 0.05) is 18.8 Å². The number of alkyl halides is 1. The van der Waals surface area contributed by atoms with Crippen LogP contribution in [0.4, 0.5) is 0 Å². The van der Waals surface area contributed by atoms with Crippen molar-refractivity contribution in [1.29, 1.82) is 0 Å². The molecule has 0 atom stereocenters. The van der Waals surface area contributed by atoms with Gasteiger partial charge < -0.3 is 5.32 Å². The molecule has 1 amide bonds. The van der Waals surface area contributed by atoms with Gasteiger partial charge in [0.1, 0.15) is 0 Å². The minimum Gasteiger partial charge on any atom is -0.356 e. The third-order valence-corrected chi connectivity index (χ3v) is 3.97. The number of nitrogens with one attached hydrogen (secondary N) is 1. The van der Waals surface area contributed by atoms with E-state index >= 15 is 0 Å². The van der Waals surface area contributed by atoms with Crippen LogP contribution in [0, 0.1) is 11.3 Å². The van der Waals surface area contributed by atoms with Gasteiger partial charge in [0.2, 0.25) is 5.91 Å². The van der Waals surface area contributed by atoms with Crippen LogP contribution in [0.5, 0.6) is 0 Å². The molecule has 1 N–H and O–H groups in total. The number of rotatable bonds is 7. The normalized spacial score (nSPS) is 18.6. The molecule has 2 nitrogen and oxygen atoms in total. The molecule has 0 bridgehead atoms. The van der Waals surface area contributed by atoms with E-state index in [4.69, 9.17) is 11.6 Å². The molecule has 1 fully saturated rings. The third kappa shape index (κ3) is 5.29. The van der Waals surface area contributed by atoms with Gasteiger partial charge in [-0.25, -0.2) is 0 Å². The van der Waals surface area contributed by atoms with Crippen LogP contribution in [-0.4, -0.2) is 18.3 Å². The minimum absolute atomic E-state index is 0.167. The lowest BCUT2D eigenvalue weighted by Crippen LogP contribution is -2.36. The first-order chi connectivity index (χ1) is 8.08. The Hall–Kier alpha value is -0.240. The highest BCUT2D eigenvalue weighted by molar-refractivity contribution is 6.17. The van der Waals surface area contributed by atoms with E-state index in [9.17, 15) is 4.79 Å². The Morgan fingerprint density at radius 1 is 1.35 bits per heavy atom. The van der Waals surface area contributed by atoms with E-state index in [1.807, 2.05) is 0 Å². The van der Waals surface area contributed by atoms with Crippen LogP contribution in [0.1, 0.15) is 58.8 Å². The predicted octanol–water partition coefficient (Wildman–Crippen LogP) is 3.73. The van der Waals surface area contributed by atoms with Crippen molar-refractivity contribution < 1.29 is 4.79 Å². The Labute approximate surface area is 110 Å². The summed E-state index contributed by atoms with van der Waals surface area (Å²) in [5.41, 5.74) is 0.380. The Kier molecular flexibility index (Phi) is 6.32. The fraction of sp³-hybridized carbons (Fsp3) is 0.929. The molecule has 1 aliphatic carbocycles. The van der Waals surface area contributed by atoms with Gasteiger partial charge in [0.05, 0.1) is 0 Å². The van der Waals surface area contributed by atoms with Gasteiger partial charge in [-0.2, -0.15) is 0 Å². The standard InChI is InChI=1S/C14H26ClNO/c1-12(2)10-14(7-3-4-8-14)11-16-13(17)6-5-9-15/h12H,3-11H2,1-2H3,(H,16,17). The lowest BCUT2D eigenvalue weighted by Gasteiger charge is -2.31. The fourth-order valence-corrected chi connectivity index (χ4v) is 3.18. The third-order valence-electron chi connectivity index (χ3n) is 3.70. The monoisotopic (exact) mass is 259 g/mol. The molecule has 1 aliphatic rings. The first-order valence-corrected chi connectivity index (χ1v) is 7.44. The van der Waals surface area contributed by atoms with Gasteiger partial charge in [-0.3, -0.25) is 4.79 Å². The van der Waals surface area contributed by atoms with Gasteiger partial charge in [-0.15, -0.1) is 11.6 Å². The lowest BCUT2D eigenvalue weighted by molar-refractivity contribution is -0.121. The molecule has 0 saturated heterocycles. The molecule has 0 unspecified atom stereocenters. The molecule has 0 spiro atoms. The smallest absolute Gasteiger partial charge is 0.220 e. The second-order valence-electron chi connectivity index (χ2n) is 5.87. The van der Waals surface area contributed by atoms with Crippen LogP contribution in [0.25, 0.3) is 0 Å². The number of hydrogen-bond acceptors (Lipinski definition) is 1. The second kappa shape index (κ2) is 7.25. The molecule has 0 heterocycles. The van der Waals surface area contributed by atoms with Crippen LogP contribution < -0.4 is 5.32 Å². The van der Waals surface area contributed by atoms with E-state index in [0.29, 0.717) is 23.6 Å². The summed E-state index contributed by atoms with van der Waals surface area (Å²) in [7, 11) is 0. The molecule has 0 aromatic rings. The highest BCUT2D eigenvalue weighted by Gasteiger charge is 2.34. The van der Waals surface area contributed by atoms with Gasteiger partial charge in [-0.05, 0) is 37.0 Å². The second-order valence-corrected chi connectivity index (χ2v) is 6.25. The first kappa shape index (κ1) is 14.8. The minimum atomic E-state index is 0.167. The van der Waals surface area contributed by atoms with Crippen molar-refractivity contribution in [2.45, 2.75) is 58.8 Å². The molecule has 0 aliphatic heterocycles.